The van der Waals surface area contributed by atoms with E-state index < -0.39 is 0 Å². The molecule has 7 rings (SSSR count). The van der Waals surface area contributed by atoms with Gasteiger partial charge >= 0.3 is 0 Å². The molecule has 4 aliphatic carbocycles. The zero-order valence-corrected chi connectivity index (χ0v) is 25.8. The number of fused-ring (bicyclic) bond motifs is 5. The summed E-state index contributed by atoms with van der Waals surface area (Å²) in [6, 6.07) is 9.24. The first-order valence-corrected chi connectivity index (χ1v) is 16.7. The van der Waals surface area contributed by atoms with Gasteiger partial charge in [0.2, 0.25) is 5.91 Å². The van der Waals surface area contributed by atoms with Crippen LogP contribution in [0.15, 0.2) is 18.5 Å². The van der Waals surface area contributed by atoms with E-state index in [0.29, 0.717) is 18.8 Å². The van der Waals surface area contributed by atoms with Crippen LogP contribution >= 0.6 is 0 Å². The van der Waals surface area contributed by atoms with Crippen LogP contribution in [0.2, 0.25) is 0 Å². The largest absolute Gasteiger partial charge is 0.350 e. The average molecular weight is 593 g/mol. The molecule has 4 fully saturated rings. The maximum atomic E-state index is 13.4. The number of pyridine rings is 1. The molecule has 3 aromatic heterocycles. The van der Waals surface area contributed by atoms with Gasteiger partial charge in [-0.3, -0.25) is 4.79 Å². The highest BCUT2D eigenvalue weighted by Crippen LogP contribution is 2.58. The summed E-state index contributed by atoms with van der Waals surface area (Å²) in [5.74, 6) is 2.02. The molecule has 0 saturated heterocycles. The van der Waals surface area contributed by atoms with Gasteiger partial charge in [-0.05, 0) is 93.9 Å². The van der Waals surface area contributed by atoms with Crippen molar-refractivity contribution in [3.05, 3.63) is 24.3 Å². The van der Waals surface area contributed by atoms with Gasteiger partial charge in [0.1, 0.15) is 17.0 Å². The van der Waals surface area contributed by atoms with E-state index in [9.17, 15) is 10.1 Å². The van der Waals surface area contributed by atoms with E-state index in [-0.39, 0.29) is 29.3 Å². The van der Waals surface area contributed by atoms with Gasteiger partial charge in [0.15, 0.2) is 0 Å². The molecule has 0 spiro atoms. The van der Waals surface area contributed by atoms with E-state index in [1.54, 1.807) is 6.20 Å². The van der Waals surface area contributed by atoms with Crippen molar-refractivity contribution in [1.29, 1.82) is 15.8 Å². The molecule has 4 saturated carbocycles. The first-order chi connectivity index (χ1) is 21.5. The minimum absolute atomic E-state index is 0.0210. The number of nitriles is 3. The molecule has 0 radical (unpaired) electrons. The van der Waals surface area contributed by atoms with Gasteiger partial charge in [-0.25, -0.2) is 9.97 Å². The van der Waals surface area contributed by atoms with Crippen LogP contribution in [0.3, 0.4) is 0 Å². The second-order valence-corrected chi connectivity index (χ2v) is 14.1. The molecule has 2 bridgehead atoms. The number of aromatic nitrogens is 4. The van der Waals surface area contributed by atoms with E-state index in [1.807, 2.05) is 12.3 Å². The molecule has 230 valence electrons. The number of carbonyl (C=O) groups is 1. The summed E-state index contributed by atoms with van der Waals surface area (Å²) in [5, 5.41) is 31.2. The molecule has 44 heavy (non-hydrogen) atoms. The van der Waals surface area contributed by atoms with Crippen molar-refractivity contribution in [2.45, 2.75) is 127 Å². The number of nitrogens with one attached hydrogen (secondary N) is 2. The van der Waals surface area contributed by atoms with Crippen molar-refractivity contribution in [3.63, 3.8) is 0 Å². The van der Waals surface area contributed by atoms with Gasteiger partial charge in [-0.2, -0.15) is 15.8 Å². The van der Waals surface area contributed by atoms with Crippen LogP contribution in [0.4, 0.5) is 0 Å². The standard InChI is InChI=1S/C27H31N7O.C8H13N/c28-12-5-18-1-3-19(4-2-18)34-22(32-21-16-31-25-20(24(21)34)6-14-30-25)15-23(35)33-27-9-7-26(17-27,8-10-27)11-13-29;9-7-6-8-4-2-1-3-5-8/h6,14,16,18-19H,1-5,7-11,15,17H2,(H,30,31)(H,33,35);8H,1-6H2. The lowest BCUT2D eigenvalue weighted by Gasteiger charge is -2.30. The summed E-state index contributed by atoms with van der Waals surface area (Å²) in [6.45, 7) is 0. The third kappa shape index (κ3) is 6.18. The summed E-state index contributed by atoms with van der Waals surface area (Å²) in [6.07, 6.45) is 21.6. The minimum Gasteiger partial charge on any atom is -0.350 e. The molecular formula is C35H44N8O. The Morgan fingerprint density at radius 1 is 0.955 bits per heavy atom. The minimum atomic E-state index is -0.157. The van der Waals surface area contributed by atoms with Crippen LogP contribution in [0.25, 0.3) is 22.1 Å². The van der Waals surface area contributed by atoms with Crippen LogP contribution in [0, 0.1) is 51.2 Å². The molecule has 9 nitrogen and oxygen atoms in total. The fourth-order valence-electron chi connectivity index (χ4n) is 8.80. The Balaban J connectivity index is 0.000000329. The number of H-pyrrole nitrogens is 1. The van der Waals surface area contributed by atoms with Gasteiger partial charge in [0, 0.05) is 42.4 Å². The predicted octanol–water partition coefficient (Wildman–Crippen LogP) is 7.31. The number of imidazole rings is 1. The Labute approximate surface area is 260 Å². The number of hydrogen-bond acceptors (Lipinski definition) is 6. The molecule has 2 N–H and O–H groups in total. The van der Waals surface area contributed by atoms with E-state index >= 15 is 0 Å². The molecule has 1 amide bonds. The maximum Gasteiger partial charge on any atom is 0.228 e. The fourth-order valence-corrected chi connectivity index (χ4v) is 8.80. The van der Waals surface area contributed by atoms with E-state index in [2.05, 4.69) is 38.1 Å². The number of rotatable bonds is 7. The summed E-state index contributed by atoms with van der Waals surface area (Å²) in [7, 11) is 0. The SMILES string of the molecule is N#CCC1CCC(n2c(CC(=O)NC34CCC(CC#N)(CC3)C4)nc3cnc4[nH]ccc4c32)CC1.N#CCC1CCCCC1. The molecule has 3 aromatic rings. The highest BCUT2D eigenvalue weighted by Gasteiger charge is 2.54. The third-order valence-electron chi connectivity index (χ3n) is 11.1. The Hall–Kier alpha value is -3.90. The van der Waals surface area contributed by atoms with Crippen LogP contribution in [0.1, 0.15) is 121 Å². The number of aromatic amines is 1. The second-order valence-electron chi connectivity index (χ2n) is 14.1. The lowest BCUT2D eigenvalue weighted by atomic mass is 9.81. The number of carbonyl (C=O) groups excluding carboxylic acids is 1. The Bertz CT molecular complexity index is 1590. The maximum absolute atomic E-state index is 13.4. The van der Waals surface area contributed by atoms with Gasteiger partial charge in [-0.1, -0.05) is 19.3 Å². The third-order valence-corrected chi connectivity index (χ3v) is 11.1. The normalized spacial score (nSPS) is 28.1. The van der Waals surface area contributed by atoms with Crippen molar-refractivity contribution in [2.24, 2.45) is 17.3 Å². The fraction of sp³-hybridized carbons (Fsp3) is 0.657. The van der Waals surface area contributed by atoms with Crippen LogP contribution in [-0.2, 0) is 11.2 Å². The summed E-state index contributed by atoms with van der Waals surface area (Å²) < 4.78 is 2.30. The van der Waals surface area contributed by atoms with Crippen molar-refractivity contribution in [1.82, 2.24) is 24.8 Å². The molecule has 3 heterocycles. The van der Waals surface area contributed by atoms with Crippen molar-refractivity contribution < 1.29 is 4.79 Å². The quantitative estimate of drug-likeness (QED) is 0.294. The Morgan fingerprint density at radius 2 is 1.66 bits per heavy atom. The molecule has 0 aliphatic heterocycles. The molecule has 0 atom stereocenters. The zero-order valence-electron chi connectivity index (χ0n) is 25.8. The summed E-state index contributed by atoms with van der Waals surface area (Å²) >= 11 is 0. The second kappa shape index (κ2) is 13.0. The lowest BCUT2D eigenvalue weighted by molar-refractivity contribution is -0.122. The molecule has 9 heteroatoms. The van der Waals surface area contributed by atoms with Gasteiger partial charge in [0.25, 0.3) is 0 Å². The summed E-state index contributed by atoms with van der Waals surface area (Å²) in [5.41, 5.74) is 2.65. The van der Waals surface area contributed by atoms with Crippen molar-refractivity contribution >= 4 is 28.0 Å². The number of nitrogens with zero attached hydrogens (tertiary/aromatic N) is 6. The first-order valence-electron chi connectivity index (χ1n) is 16.7. The topological polar surface area (TPSA) is 147 Å². The number of amides is 1. The highest BCUT2D eigenvalue weighted by atomic mass is 16.1. The molecule has 0 unspecified atom stereocenters. The Morgan fingerprint density at radius 3 is 2.34 bits per heavy atom. The molecular weight excluding hydrogens is 548 g/mol. The first kappa shape index (κ1) is 30.1. The highest BCUT2D eigenvalue weighted by molar-refractivity contribution is 6.01. The van der Waals surface area contributed by atoms with E-state index in [4.69, 9.17) is 15.5 Å². The van der Waals surface area contributed by atoms with Crippen molar-refractivity contribution in [2.75, 3.05) is 0 Å². The van der Waals surface area contributed by atoms with E-state index in [1.165, 1.54) is 32.1 Å². The van der Waals surface area contributed by atoms with Crippen molar-refractivity contribution in [3.8, 4) is 18.2 Å². The molecule has 0 aromatic carbocycles. The summed E-state index contributed by atoms with van der Waals surface area (Å²) in [4.78, 5) is 26.0. The van der Waals surface area contributed by atoms with Crippen LogP contribution in [0.5, 0.6) is 0 Å². The van der Waals surface area contributed by atoms with Gasteiger partial charge < -0.3 is 14.9 Å². The van der Waals surface area contributed by atoms with E-state index in [0.717, 1.165) is 98.0 Å². The van der Waals surface area contributed by atoms with Gasteiger partial charge in [-0.15, -0.1) is 0 Å². The monoisotopic (exact) mass is 592 g/mol. The lowest BCUT2D eigenvalue weighted by Crippen LogP contribution is -2.46. The smallest absolute Gasteiger partial charge is 0.228 e. The van der Waals surface area contributed by atoms with Crippen LogP contribution < -0.4 is 5.32 Å². The zero-order chi connectivity index (χ0) is 30.6. The Kier molecular flexibility index (Phi) is 8.90. The predicted molar refractivity (Wildman–Crippen MR) is 168 cm³/mol. The van der Waals surface area contributed by atoms with Gasteiger partial charge in [0.05, 0.1) is 36.3 Å². The average Bonchev–Trinajstić information content (AvgIpc) is 3.80. The number of hydrogen-bond donors (Lipinski definition) is 2. The molecule has 4 aliphatic rings. The van der Waals surface area contributed by atoms with Crippen LogP contribution in [-0.4, -0.2) is 31.0 Å².